The van der Waals surface area contributed by atoms with E-state index in [9.17, 15) is 4.79 Å². The number of rotatable bonds is 5. The van der Waals surface area contributed by atoms with Crippen LogP contribution in [0.25, 0.3) is 11.1 Å². The van der Waals surface area contributed by atoms with Gasteiger partial charge in [-0.1, -0.05) is 99.6 Å². The van der Waals surface area contributed by atoms with Gasteiger partial charge in [-0.25, -0.2) is 0 Å². The molecular formula is C27H27O3Si. The predicted molar refractivity (Wildman–Crippen MR) is 124 cm³/mol. The van der Waals surface area contributed by atoms with Crippen molar-refractivity contribution in [1.29, 1.82) is 0 Å². The molecule has 0 bridgehead atoms. The lowest BCUT2D eigenvalue weighted by molar-refractivity contribution is -0.146. The third kappa shape index (κ3) is 3.75. The van der Waals surface area contributed by atoms with Gasteiger partial charge in [0.1, 0.15) is 5.60 Å². The lowest BCUT2D eigenvalue weighted by Gasteiger charge is -2.40. The number of carbonyl (C=O) groups is 1. The Labute approximate surface area is 188 Å². The molecule has 4 rings (SSSR count). The molecule has 3 aromatic rings. The normalized spacial score (nSPS) is 18.5. The average molecular weight is 428 g/mol. The average Bonchev–Trinajstić information content (AvgIpc) is 3.21. The van der Waals surface area contributed by atoms with Crippen LogP contribution in [0, 0.1) is 5.92 Å². The van der Waals surface area contributed by atoms with Gasteiger partial charge in [-0.15, -0.1) is 0 Å². The van der Waals surface area contributed by atoms with Crippen molar-refractivity contribution in [3.63, 3.8) is 0 Å². The Bertz CT molecular complexity index is 1060. The van der Waals surface area contributed by atoms with Crippen molar-refractivity contribution in [1.82, 2.24) is 0 Å². The van der Waals surface area contributed by atoms with Crippen LogP contribution < -0.4 is 0 Å². The highest BCUT2D eigenvalue weighted by Gasteiger charge is 2.50. The second-order valence-electron chi connectivity index (χ2n) is 9.06. The lowest BCUT2D eigenvalue weighted by atomic mass is 9.70. The minimum Gasteiger partial charge on any atom is -0.465 e. The van der Waals surface area contributed by atoms with Crippen LogP contribution in [0.1, 0.15) is 43.9 Å². The third-order valence-corrected chi connectivity index (χ3v) is 6.45. The Kier molecular flexibility index (Phi) is 5.87. The number of benzene rings is 3. The summed E-state index contributed by atoms with van der Waals surface area (Å²) in [6.45, 7) is 7.02. The first-order valence-electron chi connectivity index (χ1n) is 10.7. The van der Waals surface area contributed by atoms with E-state index < -0.39 is 11.5 Å². The molecule has 1 heterocycles. The zero-order chi connectivity index (χ0) is 22.1. The summed E-state index contributed by atoms with van der Waals surface area (Å²) in [5.74, 6) is -0.702. The highest BCUT2D eigenvalue weighted by atomic mass is 28.2. The van der Waals surface area contributed by atoms with E-state index in [0.29, 0.717) is 13.0 Å². The molecule has 2 unspecified atom stereocenters. The Morgan fingerprint density at radius 2 is 1.48 bits per heavy atom. The minimum absolute atomic E-state index is 0.106. The molecule has 0 amide bonds. The fourth-order valence-corrected chi connectivity index (χ4v) is 5.05. The molecule has 0 aliphatic carbocycles. The Morgan fingerprint density at radius 1 is 0.871 bits per heavy atom. The van der Waals surface area contributed by atoms with Crippen LogP contribution in [0.3, 0.4) is 0 Å². The Balaban J connectivity index is 2.11. The van der Waals surface area contributed by atoms with E-state index in [0.717, 1.165) is 22.3 Å². The monoisotopic (exact) mass is 427 g/mol. The van der Waals surface area contributed by atoms with Gasteiger partial charge in [0.05, 0.1) is 12.5 Å². The van der Waals surface area contributed by atoms with Crippen molar-refractivity contribution in [3.8, 4) is 11.1 Å². The maximum Gasteiger partial charge on any atom is 0.312 e. The molecule has 0 N–H and O–H groups in total. The predicted octanol–water partition coefficient (Wildman–Crippen LogP) is 5.56. The number of hydrogen-bond donors (Lipinski definition) is 0. The van der Waals surface area contributed by atoms with Crippen LogP contribution in [0.4, 0.5) is 0 Å². The van der Waals surface area contributed by atoms with Crippen molar-refractivity contribution in [2.45, 2.75) is 38.2 Å². The molecule has 1 aliphatic heterocycles. The van der Waals surface area contributed by atoms with Gasteiger partial charge in [0.15, 0.2) is 0 Å². The van der Waals surface area contributed by atoms with Crippen LogP contribution in [-0.4, -0.2) is 23.1 Å². The number of esters is 1. The van der Waals surface area contributed by atoms with E-state index in [1.54, 1.807) is 0 Å². The van der Waals surface area contributed by atoms with Crippen LogP contribution >= 0.6 is 0 Å². The summed E-state index contributed by atoms with van der Waals surface area (Å²) in [6.07, 6.45) is 0.589. The van der Waals surface area contributed by atoms with E-state index >= 15 is 0 Å². The van der Waals surface area contributed by atoms with E-state index in [2.05, 4.69) is 61.6 Å². The Hall–Kier alpha value is -2.69. The van der Waals surface area contributed by atoms with Crippen molar-refractivity contribution < 1.29 is 14.0 Å². The Morgan fingerprint density at radius 3 is 2.03 bits per heavy atom. The second-order valence-corrected chi connectivity index (χ2v) is 9.26. The fourth-order valence-electron chi connectivity index (χ4n) is 4.68. The fraction of sp³-hybridized carbons (Fsp3) is 0.296. The number of cyclic esters (lactones) is 1. The van der Waals surface area contributed by atoms with Crippen LogP contribution in [0.2, 0.25) is 0 Å². The molecule has 3 nitrogen and oxygen atoms in total. The quantitative estimate of drug-likeness (QED) is 0.395. The minimum atomic E-state index is -1.03. The largest absolute Gasteiger partial charge is 0.465 e. The van der Waals surface area contributed by atoms with Crippen LogP contribution in [0.15, 0.2) is 78.9 Å². The molecule has 1 aliphatic rings. The molecule has 0 spiro atoms. The van der Waals surface area contributed by atoms with Crippen LogP contribution in [-0.2, 0) is 25.0 Å². The zero-order valence-electron chi connectivity index (χ0n) is 18.2. The lowest BCUT2D eigenvalue weighted by Crippen LogP contribution is -2.42. The second kappa shape index (κ2) is 8.44. The molecule has 0 aromatic heterocycles. The van der Waals surface area contributed by atoms with Crippen molar-refractivity contribution >= 4 is 16.5 Å². The highest BCUT2D eigenvalue weighted by molar-refractivity contribution is 5.99. The van der Waals surface area contributed by atoms with Crippen LogP contribution in [0.5, 0.6) is 0 Å². The van der Waals surface area contributed by atoms with Crippen molar-refractivity contribution in [2.24, 2.45) is 5.92 Å². The summed E-state index contributed by atoms with van der Waals surface area (Å²) in [5, 5.41) is 0. The SMILES string of the molecule is CC(C)(C)c1cccc(C(O[Si])(c2ccccc2)C2CCOC2=O)c1-c1ccccc1. The molecule has 2 atom stereocenters. The molecule has 157 valence electrons. The third-order valence-electron chi connectivity index (χ3n) is 6.12. The molecular weight excluding hydrogens is 400 g/mol. The van der Waals surface area contributed by atoms with E-state index in [4.69, 9.17) is 9.16 Å². The molecule has 4 heteroatoms. The maximum atomic E-state index is 12.9. The summed E-state index contributed by atoms with van der Waals surface area (Å²) < 4.78 is 11.6. The standard InChI is InChI=1S/C27H27O3Si/c1-26(2,3)21-15-10-16-22(24(21)19-11-6-4-7-12-19)27(30-31,20-13-8-5-9-14-20)23-17-18-29-25(23)28/h4-16,23H,17-18H2,1-3H3. The zero-order valence-corrected chi connectivity index (χ0v) is 19.2. The number of ether oxygens (including phenoxy) is 1. The van der Waals surface area contributed by atoms with Gasteiger partial charge < -0.3 is 9.16 Å². The van der Waals surface area contributed by atoms with Gasteiger partial charge in [0.25, 0.3) is 0 Å². The van der Waals surface area contributed by atoms with Crippen molar-refractivity contribution in [3.05, 3.63) is 95.6 Å². The first-order chi connectivity index (χ1) is 14.9. The summed E-state index contributed by atoms with van der Waals surface area (Å²) in [6, 6.07) is 26.6. The molecule has 3 radical (unpaired) electrons. The number of carbonyl (C=O) groups excluding carboxylic acids is 1. The van der Waals surface area contributed by atoms with Gasteiger partial charge in [-0.2, -0.15) is 0 Å². The molecule has 3 aromatic carbocycles. The smallest absolute Gasteiger partial charge is 0.312 e. The molecule has 0 saturated carbocycles. The summed E-state index contributed by atoms with van der Waals surface area (Å²) in [4.78, 5) is 12.9. The first kappa shape index (κ1) is 21.5. The van der Waals surface area contributed by atoms with Gasteiger partial charge >= 0.3 is 5.97 Å². The van der Waals surface area contributed by atoms with Gasteiger partial charge in [-0.05, 0) is 39.7 Å². The highest BCUT2D eigenvalue weighted by Crippen LogP contribution is 2.49. The summed E-state index contributed by atoms with van der Waals surface area (Å²) in [7, 11) is 3.42. The van der Waals surface area contributed by atoms with E-state index in [-0.39, 0.29) is 11.4 Å². The van der Waals surface area contributed by atoms with E-state index in [1.165, 1.54) is 5.56 Å². The van der Waals surface area contributed by atoms with E-state index in [1.807, 2.05) is 48.5 Å². The van der Waals surface area contributed by atoms with Gasteiger partial charge in [0.2, 0.25) is 10.5 Å². The topological polar surface area (TPSA) is 35.5 Å². The first-order valence-corrected chi connectivity index (χ1v) is 11.1. The van der Waals surface area contributed by atoms with Gasteiger partial charge in [-0.3, -0.25) is 4.79 Å². The molecule has 1 saturated heterocycles. The maximum absolute atomic E-state index is 12.9. The molecule has 31 heavy (non-hydrogen) atoms. The number of hydrogen-bond acceptors (Lipinski definition) is 3. The van der Waals surface area contributed by atoms with Crippen molar-refractivity contribution in [2.75, 3.05) is 6.61 Å². The van der Waals surface area contributed by atoms with Gasteiger partial charge in [0, 0.05) is 0 Å². The summed E-state index contributed by atoms with van der Waals surface area (Å²) >= 11 is 0. The summed E-state index contributed by atoms with van der Waals surface area (Å²) in [5.41, 5.74) is 4.12. The molecule has 1 fully saturated rings.